The summed E-state index contributed by atoms with van der Waals surface area (Å²) in [5.74, 6) is 0. The molecule has 0 spiro atoms. The van der Waals surface area contributed by atoms with Crippen molar-refractivity contribution in [2.75, 3.05) is 25.1 Å². The van der Waals surface area contributed by atoms with Crippen LogP contribution in [-0.2, 0) is 10.2 Å². The maximum atomic E-state index is 9.81. The van der Waals surface area contributed by atoms with Gasteiger partial charge in [0.25, 0.3) is 0 Å². The van der Waals surface area contributed by atoms with Crippen molar-refractivity contribution in [2.45, 2.75) is 52.1 Å². The number of aliphatic hydroxyl groups excluding tert-OH is 1. The van der Waals surface area contributed by atoms with E-state index in [0.29, 0.717) is 13.2 Å². The molecule has 0 bridgehead atoms. The first kappa shape index (κ1) is 17.0. The number of rotatable bonds is 8. The summed E-state index contributed by atoms with van der Waals surface area (Å²) < 4.78 is 5.40. The van der Waals surface area contributed by atoms with Gasteiger partial charge in [-0.3, -0.25) is 0 Å². The number of anilines is 1. The first-order valence-electron chi connectivity index (χ1n) is 7.53. The van der Waals surface area contributed by atoms with Crippen LogP contribution in [0.5, 0.6) is 0 Å². The summed E-state index contributed by atoms with van der Waals surface area (Å²) in [5.41, 5.74) is 2.52. The standard InChI is InChI=1S/C17H29NO2/c1-5-6-11-20-13-16(19)12-18-15-9-7-14(8-10-15)17(2,3)4/h7-10,16,18-19H,5-6,11-13H2,1-4H3. The highest BCUT2D eigenvalue weighted by molar-refractivity contribution is 5.45. The van der Waals surface area contributed by atoms with Crippen LogP contribution in [0.1, 0.15) is 46.1 Å². The lowest BCUT2D eigenvalue weighted by atomic mass is 9.87. The van der Waals surface area contributed by atoms with Crippen LogP contribution in [0, 0.1) is 0 Å². The Hall–Kier alpha value is -1.06. The van der Waals surface area contributed by atoms with Crippen LogP contribution in [0.4, 0.5) is 5.69 Å². The first-order valence-corrected chi connectivity index (χ1v) is 7.53. The highest BCUT2D eigenvalue weighted by Gasteiger charge is 2.12. The SMILES string of the molecule is CCCCOCC(O)CNc1ccc(C(C)(C)C)cc1. The van der Waals surface area contributed by atoms with E-state index in [9.17, 15) is 5.11 Å². The zero-order valence-electron chi connectivity index (χ0n) is 13.3. The topological polar surface area (TPSA) is 41.5 Å². The molecule has 1 aromatic rings. The Morgan fingerprint density at radius 1 is 1.20 bits per heavy atom. The molecule has 0 amide bonds. The summed E-state index contributed by atoms with van der Waals surface area (Å²) in [6.45, 7) is 10.4. The van der Waals surface area contributed by atoms with Gasteiger partial charge in [-0.25, -0.2) is 0 Å². The van der Waals surface area contributed by atoms with Gasteiger partial charge in [-0.15, -0.1) is 0 Å². The first-order chi connectivity index (χ1) is 9.43. The van der Waals surface area contributed by atoms with E-state index in [-0.39, 0.29) is 5.41 Å². The van der Waals surface area contributed by atoms with E-state index >= 15 is 0 Å². The molecule has 0 radical (unpaired) electrons. The molecule has 0 aliphatic heterocycles. The lowest BCUT2D eigenvalue weighted by Crippen LogP contribution is -2.25. The van der Waals surface area contributed by atoms with Crippen molar-refractivity contribution < 1.29 is 9.84 Å². The van der Waals surface area contributed by atoms with Crippen molar-refractivity contribution >= 4 is 5.69 Å². The predicted molar refractivity (Wildman–Crippen MR) is 85.4 cm³/mol. The Bertz CT molecular complexity index is 368. The molecule has 0 fully saturated rings. The van der Waals surface area contributed by atoms with Crippen molar-refractivity contribution in [3.8, 4) is 0 Å². The number of aliphatic hydroxyl groups is 1. The van der Waals surface area contributed by atoms with Gasteiger partial charge in [0.05, 0.1) is 12.7 Å². The van der Waals surface area contributed by atoms with Gasteiger partial charge in [0.1, 0.15) is 0 Å². The monoisotopic (exact) mass is 279 g/mol. The molecule has 1 aromatic carbocycles. The Morgan fingerprint density at radius 3 is 2.40 bits per heavy atom. The number of unbranched alkanes of at least 4 members (excludes halogenated alkanes) is 1. The Balaban J connectivity index is 2.31. The zero-order chi connectivity index (χ0) is 15.0. The third-order valence-electron chi connectivity index (χ3n) is 3.25. The van der Waals surface area contributed by atoms with E-state index in [1.165, 1.54) is 5.56 Å². The van der Waals surface area contributed by atoms with Crippen LogP contribution in [0.15, 0.2) is 24.3 Å². The van der Waals surface area contributed by atoms with Gasteiger partial charge >= 0.3 is 0 Å². The van der Waals surface area contributed by atoms with Crippen molar-refractivity contribution in [3.05, 3.63) is 29.8 Å². The molecule has 114 valence electrons. The van der Waals surface area contributed by atoms with Crippen molar-refractivity contribution in [3.63, 3.8) is 0 Å². The number of hydrogen-bond donors (Lipinski definition) is 2. The van der Waals surface area contributed by atoms with Gasteiger partial charge in [-0.2, -0.15) is 0 Å². The normalized spacial score (nSPS) is 13.2. The second-order valence-electron chi connectivity index (χ2n) is 6.29. The highest BCUT2D eigenvalue weighted by atomic mass is 16.5. The molecule has 3 nitrogen and oxygen atoms in total. The molecule has 1 rings (SSSR count). The molecular weight excluding hydrogens is 250 g/mol. The van der Waals surface area contributed by atoms with Gasteiger partial charge in [-0.1, -0.05) is 46.2 Å². The summed E-state index contributed by atoms with van der Waals surface area (Å²) in [5, 5.41) is 13.0. The molecule has 0 aliphatic rings. The third kappa shape index (κ3) is 6.40. The van der Waals surface area contributed by atoms with Crippen LogP contribution >= 0.6 is 0 Å². The molecule has 0 aliphatic carbocycles. The minimum Gasteiger partial charge on any atom is -0.389 e. The lowest BCUT2D eigenvalue weighted by Gasteiger charge is -2.19. The minimum absolute atomic E-state index is 0.172. The molecule has 1 atom stereocenters. The van der Waals surface area contributed by atoms with Gasteiger partial charge in [0.15, 0.2) is 0 Å². The number of ether oxygens (including phenoxy) is 1. The van der Waals surface area contributed by atoms with Crippen molar-refractivity contribution in [1.29, 1.82) is 0 Å². The molecule has 0 heterocycles. The molecule has 2 N–H and O–H groups in total. The van der Waals surface area contributed by atoms with Crippen molar-refractivity contribution in [1.82, 2.24) is 0 Å². The van der Waals surface area contributed by atoms with E-state index < -0.39 is 6.10 Å². The zero-order valence-corrected chi connectivity index (χ0v) is 13.3. The summed E-state index contributed by atoms with van der Waals surface area (Å²) in [7, 11) is 0. The Labute approximate surface area is 123 Å². The second-order valence-corrected chi connectivity index (χ2v) is 6.29. The average molecular weight is 279 g/mol. The largest absolute Gasteiger partial charge is 0.389 e. The minimum atomic E-state index is -0.464. The summed E-state index contributed by atoms with van der Waals surface area (Å²) in [4.78, 5) is 0. The van der Waals surface area contributed by atoms with Gasteiger partial charge in [0, 0.05) is 18.8 Å². The third-order valence-corrected chi connectivity index (χ3v) is 3.25. The average Bonchev–Trinajstić information content (AvgIpc) is 2.41. The summed E-state index contributed by atoms with van der Waals surface area (Å²) in [6, 6.07) is 8.38. The van der Waals surface area contributed by atoms with Crippen molar-refractivity contribution in [2.24, 2.45) is 0 Å². The van der Waals surface area contributed by atoms with Crippen LogP contribution in [0.25, 0.3) is 0 Å². The summed E-state index contributed by atoms with van der Waals surface area (Å²) in [6.07, 6.45) is 1.71. The van der Waals surface area contributed by atoms with Crippen LogP contribution in [-0.4, -0.2) is 31.0 Å². The molecular formula is C17H29NO2. The number of benzene rings is 1. The molecule has 0 saturated heterocycles. The second kappa shape index (κ2) is 8.28. The smallest absolute Gasteiger partial charge is 0.0945 e. The molecule has 1 unspecified atom stereocenters. The lowest BCUT2D eigenvalue weighted by molar-refractivity contribution is 0.0422. The number of nitrogens with one attached hydrogen (secondary N) is 1. The Kier molecular flexibility index (Phi) is 7.03. The van der Waals surface area contributed by atoms with Crippen LogP contribution in [0.2, 0.25) is 0 Å². The molecule has 0 saturated carbocycles. The molecule has 20 heavy (non-hydrogen) atoms. The fourth-order valence-electron chi connectivity index (χ4n) is 1.85. The highest BCUT2D eigenvalue weighted by Crippen LogP contribution is 2.23. The molecule has 3 heteroatoms. The quantitative estimate of drug-likeness (QED) is 0.715. The maximum Gasteiger partial charge on any atom is 0.0945 e. The summed E-state index contributed by atoms with van der Waals surface area (Å²) >= 11 is 0. The fraction of sp³-hybridized carbons (Fsp3) is 0.647. The van der Waals surface area contributed by atoms with E-state index in [1.807, 2.05) is 0 Å². The van der Waals surface area contributed by atoms with Crippen LogP contribution in [0.3, 0.4) is 0 Å². The number of hydrogen-bond acceptors (Lipinski definition) is 3. The van der Waals surface area contributed by atoms with E-state index in [4.69, 9.17) is 4.74 Å². The van der Waals surface area contributed by atoms with E-state index in [1.54, 1.807) is 0 Å². The van der Waals surface area contributed by atoms with Gasteiger partial charge in [0.2, 0.25) is 0 Å². The fourth-order valence-corrected chi connectivity index (χ4v) is 1.85. The van der Waals surface area contributed by atoms with Gasteiger partial charge < -0.3 is 15.2 Å². The van der Waals surface area contributed by atoms with Gasteiger partial charge in [-0.05, 0) is 29.5 Å². The van der Waals surface area contributed by atoms with E-state index in [2.05, 4.69) is 57.3 Å². The van der Waals surface area contributed by atoms with Crippen LogP contribution < -0.4 is 5.32 Å². The molecule has 0 aromatic heterocycles. The maximum absolute atomic E-state index is 9.81. The predicted octanol–water partition coefficient (Wildman–Crippen LogP) is 3.57. The van der Waals surface area contributed by atoms with E-state index in [0.717, 1.165) is 25.1 Å². The Morgan fingerprint density at radius 2 is 1.85 bits per heavy atom.